The molecule has 402 valence electrons. The van der Waals surface area contributed by atoms with Crippen LogP contribution in [0.4, 0.5) is 34.1 Å². The van der Waals surface area contributed by atoms with Gasteiger partial charge in [0.1, 0.15) is 0 Å². The molecular weight excluding hydrogens is 1000 g/mol. The van der Waals surface area contributed by atoms with Gasteiger partial charge in [-0.15, -0.1) is 0 Å². The number of hydrogen-bond donors (Lipinski definition) is 0. The average Bonchev–Trinajstić information content (AvgIpc) is 3.15. The highest BCUT2D eigenvalue weighted by Crippen LogP contribution is 2.50. The maximum Gasteiger partial charge on any atom is 0.252 e. The van der Waals surface area contributed by atoms with Crippen molar-refractivity contribution in [3.05, 3.63) is 259 Å². The Morgan fingerprint density at radius 1 is 0.337 bits per heavy atom. The lowest BCUT2D eigenvalue weighted by Crippen LogP contribution is -2.61. The summed E-state index contributed by atoms with van der Waals surface area (Å²) < 4.78 is 5.00. The van der Waals surface area contributed by atoms with E-state index in [0.717, 1.165) is 49.9 Å². The molecule has 0 N–H and O–H groups in total. The van der Waals surface area contributed by atoms with Crippen LogP contribution >= 0.6 is 0 Å². The Bertz CT molecular complexity index is 4260. The molecule has 4 nitrogen and oxygen atoms in total. The molecular formula is C78H67BN4. The molecule has 2 aliphatic heterocycles. The zero-order valence-electron chi connectivity index (χ0n) is 48.2. The second kappa shape index (κ2) is 20.3. The third-order valence-electron chi connectivity index (χ3n) is 18.0. The first-order chi connectivity index (χ1) is 40.7. The van der Waals surface area contributed by atoms with Gasteiger partial charge < -0.3 is 18.9 Å². The molecule has 0 radical (unpaired) electrons. The van der Waals surface area contributed by atoms with Crippen LogP contribution in [0, 0.1) is 0 Å². The molecule has 2 aromatic heterocycles. The number of nitrogens with zero attached hydrogens (tertiary/aromatic N) is 4. The Morgan fingerprint density at radius 2 is 0.711 bits per heavy atom. The molecule has 83 heavy (non-hydrogen) atoms. The summed E-state index contributed by atoms with van der Waals surface area (Å²) in [5.41, 5.74) is 27.1. The number of rotatable bonds is 12. The van der Waals surface area contributed by atoms with Gasteiger partial charge in [-0.1, -0.05) is 217 Å². The number of hydrogen-bond acceptors (Lipinski definition) is 2. The summed E-state index contributed by atoms with van der Waals surface area (Å²) >= 11 is 0. The van der Waals surface area contributed by atoms with Gasteiger partial charge in [0.15, 0.2) is 0 Å². The second-order valence-electron chi connectivity index (χ2n) is 24.1. The van der Waals surface area contributed by atoms with E-state index in [-0.39, 0.29) is 12.1 Å². The van der Waals surface area contributed by atoms with Gasteiger partial charge in [0.2, 0.25) is 0 Å². The molecule has 5 heteroatoms. The predicted molar refractivity (Wildman–Crippen MR) is 356 cm³/mol. The molecule has 0 saturated carbocycles. The first-order valence-corrected chi connectivity index (χ1v) is 30.2. The van der Waals surface area contributed by atoms with Gasteiger partial charge in [-0.2, -0.15) is 0 Å². The molecule has 15 rings (SSSR count). The van der Waals surface area contributed by atoms with Crippen molar-refractivity contribution >= 4 is 101 Å². The number of fused-ring (bicyclic) bond motifs is 10. The molecule has 0 atom stereocenters. The number of benzene rings is 11. The van der Waals surface area contributed by atoms with E-state index in [1.165, 1.54) is 133 Å². The maximum absolute atomic E-state index is 2.71. The van der Waals surface area contributed by atoms with E-state index in [0.29, 0.717) is 0 Å². The van der Waals surface area contributed by atoms with Crippen molar-refractivity contribution in [2.24, 2.45) is 0 Å². The van der Waals surface area contributed by atoms with E-state index in [4.69, 9.17) is 0 Å². The van der Waals surface area contributed by atoms with Crippen molar-refractivity contribution in [1.82, 2.24) is 9.13 Å². The van der Waals surface area contributed by atoms with Crippen LogP contribution in [-0.2, 0) is 18.3 Å². The van der Waals surface area contributed by atoms with E-state index >= 15 is 0 Å². The van der Waals surface area contributed by atoms with Gasteiger partial charge in [0, 0.05) is 67.0 Å². The Kier molecular flexibility index (Phi) is 12.4. The quantitative estimate of drug-likeness (QED) is 0.113. The number of anilines is 6. The molecule has 0 fully saturated rings. The van der Waals surface area contributed by atoms with E-state index in [9.17, 15) is 0 Å². The van der Waals surface area contributed by atoms with Crippen molar-refractivity contribution in [1.29, 1.82) is 0 Å². The lowest BCUT2D eigenvalue weighted by Gasteiger charge is -2.46. The lowest BCUT2D eigenvalue weighted by molar-refractivity contribution is 0.590. The van der Waals surface area contributed by atoms with Crippen LogP contribution in [0.15, 0.2) is 243 Å². The standard InChI is InChI=1S/C78H67BN4/c1-6-8-24-54-38-40-56(52-26-12-10-13-27-52)46-71(54)82-73-50-59(80-67-34-20-16-30-61(67)62-31-17-21-35-68(62)80)42-44-65(73)79-66-45-43-60(81-69-36-22-18-32-63(69)64-33-19-23-37-70(64)81)51-74(66)83(76-49-58(78(3,4)5)48-75(82)77(76)79)72-47-57(53-28-14-11-15-29-53)41-39-55(72)25-9-7-2/h10-23,26-51H,6-9,24-25H2,1-5H3. The van der Waals surface area contributed by atoms with E-state index in [1.807, 2.05) is 0 Å². The maximum atomic E-state index is 2.71. The molecule has 0 bridgehead atoms. The van der Waals surface area contributed by atoms with Crippen LogP contribution in [0.5, 0.6) is 0 Å². The lowest BCUT2D eigenvalue weighted by atomic mass is 9.33. The fourth-order valence-corrected chi connectivity index (χ4v) is 13.9. The third kappa shape index (κ3) is 8.34. The Labute approximate surface area is 488 Å². The molecule has 0 amide bonds. The van der Waals surface area contributed by atoms with Crippen LogP contribution < -0.4 is 26.2 Å². The number of para-hydroxylation sites is 4. The highest BCUT2D eigenvalue weighted by Gasteiger charge is 2.45. The first-order valence-electron chi connectivity index (χ1n) is 30.2. The normalized spacial score (nSPS) is 12.9. The minimum atomic E-state index is -0.206. The van der Waals surface area contributed by atoms with Crippen molar-refractivity contribution < 1.29 is 0 Å². The zero-order chi connectivity index (χ0) is 55.9. The third-order valence-corrected chi connectivity index (χ3v) is 18.0. The molecule has 11 aromatic carbocycles. The Morgan fingerprint density at radius 3 is 1.08 bits per heavy atom. The summed E-state index contributed by atoms with van der Waals surface area (Å²) in [5.74, 6) is 0. The average molecular weight is 1070 g/mol. The molecule has 13 aromatic rings. The molecule has 0 unspecified atom stereocenters. The molecule has 0 aliphatic carbocycles. The minimum Gasteiger partial charge on any atom is -0.311 e. The van der Waals surface area contributed by atoms with Crippen LogP contribution in [0.3, 0.4) is 0 Å². The SMILES string of the molecule is CCCCc1ccc(-c2ccccc2)cc1N1c2cc(-n3c4ccccc4c4ccccc43)ccc2B2c3ccc(-n4c5ccccc5c5ccccc54)cc3N(c3cc(-c4ccccc4)ccc3CCCC)c3cc(C(C)(C)C)cc1c32. The summed E-state index contributed by atoms with van der Waals surface area (Å²) in [7, 11) is 0. The minimum absolute atomic E-state index is 0.0984. The molecule has 4 heterocycles. The largest absolute Gasteiger partial charge is 0.311 e. The summed E-state index contributed by atoms with van der Waals surface area (Å²) in [5, 5.41) is 5.04. The van der Waals surface area contributed by atoms with Gasteiger partial charge in [-0.05, 0) is 159 Å². The summed E-state index contributed by atoms with van der Waals surface area (Å²) in [6.45, 7) is 11.7. The summed E-state index contributed by atoms with van der Waals surface area (Å²) in [4.78, 5) is 5.42. The number of aryl methyl sites for hydroxylation is 2. The number of aromatic nitrogens is 2. The smallest absolute Gasteiger partial charge is 0.252 e. The van der Waals surface area contributed by atoms with Crippen LogP contribution in [0.25, 0.3) is 77.2 Å². The fourth-order valence-electron chi connectivity index (χ4n) is 13.9. The van der Waals surface area contributed by atoms with Crippen molar-refractivity contribution in [3.63, 3.8) is 0 Å². The topological polar surface area (TPSA) is 16.3 Å². The van der Waals surface area contributed by atoms with Gasteiger partial charge in [0.25, 0.3) is 6.71 Å². The van der Waals surface area contributed by atoms with Gasteiger partial charge >= 0.3 is 0 Å². The Hall–Kier alpha value is -9.32. The highest BCUT2D eigenvalue weighted by atomic mass is 15.2. The Balaban J connectivity index is 1.08. The molecule has 0 saturated heterocycles. The summed E-state index contributed by atoms with van der Waals surface area (Å²) in [6.07, 6.45) is 6.34. The van der Waals surface area contributed by atoms with Crippen LogP contribution in [0.1, 0.15) is 77.0 Å². The fraction of sp³-hybridized carbons (Fsp3) is 0.154. The van der Waals surface area contributed by atoms with E-state index in [2.05, 4.69) is 296 Å². The first kappa shape index (κ1) is 50.6. The monoisotopic (exact) mass is 1070 g/mol. The van der Waals surface area contributed by atoms with Crippen molar-refractivity contribution in [2.75, 3.05) is 9.80 Å². The zero-order valence-corrected chi connectivity index (χ0v) is 48.2. The van der Waals surface area contributed by atoms with E-state index in [1.54, 1.807) is 0 Å². The van der Waals surface area contributed by atoms with Gasteiger partial charge in [-0.25, -0.2) is 0 Å². The van der Waals surface area contributed by atoms with Crippen LogP contribution in [0.2, 0.25) is 0 Å². The second-order valence-corrected chi connectivity index (χ2v) is 24.1. The highest BCUT2D eigenvalue weighted by molar-refractivity contribution is 7.00. The molecule has 0 spiro atoms. The van der Waals surface area contributed by atoms with Gasteiger partial charge in [-0.3, -0.25) is 0 Å². The predicted octanol–water partition coefficient (Wildman–Crippen LogP) is 19.3. The van der Waals surface area contributed by atoms with E-state index < -0.39 is 0 Å². The summed E-state index contributed by atoms with van der Waals surface area (Å²) in [6, 6.07) is 92.3. The van der Waals surface area contributed by atoms with Gasteiger partial charge in [0.05, 0.1) is 22.1 Å². The van der Waals surface area contributed by atoms with Crippen LogP contribution in [-0.4, -0.2) is 15.8 Å². The van der Waals surface area contributed by atoms with Crippen molar-refractivity contribution in [2.45, 2.75) is 78.6 Å². The number of unbranched alkanes of at least 4 members (excludes halogenated alkanes) is 2. The van der Waals surface area contributed by atoms with Crippen molar-refractivity contribution in [3.8, 4) is 33.6 Å². The molecule has 2 aliphatic rings.